The molecule has 1 N–H and O–H groups in total. The molecular formula is C15H18F3N3O3. The third-order valence-electron chi connectivity index (χ3n) is 3.91. The van der Waals surface area contributed by atoms with Crippen molar-refractivity contribution in [2.45, 2.75) is 32.0 Å². The first-order chi connectivity index (χ1) is 11.2. The van der Waals surface area contributed by atoms with Gasteiger partial charge in [-0.1, -0.05) is 0 Å². The van der Waals surface area contributed by atoms with Crippen LogP contribution in [0.4, 0.5) is 19.0 Å². The van der Waals surface area contributed by atoms with Crippen molar-refractivity contribution in [3.05, 3.63) is 23.4 Å². The molecule has 0 saturated carbocycles. The molecule has 2 heterocycles. The maximum absolute atomic E-state index is 12.9. The Labute approximate surface area is 137 Å². The average Bonchev–Trinajstić information content (AvgIpc) is 2.53. The Kier molecular flexibility index (Phi) is 5.30. The van der Waals surface area contributed by atoms with Crippen LogP contribution in [0.5, 0.6) is 0 Å². The Balaban J connectivity index is 2.15. The van der Waals surface area contributed by atoms with Crippen LogP contribution >= 0.6 is 0 Å². The summed E-state index contributed by atoms with van der Waals surface area (Å²) in [6.45, 7) is 2.63. The fourth-order valence-electron chi connectivity index (χ4n) is 2.59. The van der Waals surface area contributed by atoms with Crippen molar-refractivity contribution in [2.75, 3.05) is 25.5 Å². The van der Waals surface area contributed by atoms with E-state index in [4.69, 9.17) is 0 Å². The molecule has 0 bridgehead atoms. The number of aromatic nitrogens is 1. The van der Waals surface area contributed by atoms with Crippen molar-refractivity contribution in [2.24, 2.45) is 0 Å². The van der Waals surface area contributed by atoms with E-state index in [-0.39, 0.29) is 17.8 Å². The number of esters is 1. The third-order valence-corrected chi connectivity index (χ3v) is 3.91. The average molecular weight is 345 g/mol. The molecule has 1 aliphatic rings. The van der Waals surface area contributed by atoms with Crippen LogP contribution in [0.2, 0.25) is 0 Å². The number of carbonyl (C=O) groups is 2. The van der Waals surface area contributed by atoms with E-state index >= 15 is 0 Å². The van der Waals surface area contributed by atoms with E-state index in [1.807, 2.05) is 0 Å². The highest BCUT2D eigenvalue weighted by molar-refractivity contribution is 5.92. The standard InChI is InChI=1S/C15H18F3N3O3/c1-9(22)21-5-3-10(4-6-21)20-13-7-11(14(23)24-2)12(8-19-13)15(16,17)18/h7-8,10H,3-6H2,1-2H3,(H,19,20). The maximum Gasteiger partial charge on any atom is 0.418 e. The predicted molar refractivity (Wildman–Crippen MR) is 79.5 cm³/mol. The zero-order valence-corrected chi connectivity index (χ0v) is 13.3. The highest BCUT2D eigenvalue weighted by atomic mass is 19.4. The molecule has 6 nitrogen and oxygen atoms in total. The van der Waals surface area contributed by atoms with Gasteiger partial charge < -0.3 is 15.0 Å². The van der Waals surface area contributed by atoms with Gasteiger partial charge in [-0.25, -0.2) is 9.78 Å². The molecule has 1 saturated heterocycles. The minimum absolute atomic E-state index is 0.00548. The molecule has 1 aliphatic heterocycles. The Morgan fingerprint density at radius 2 is 1.96 bits per heavy atom. The zero-order valence-electron chi connectivity index (χ0n) is 13.3. The minimum Gasteiger partial charge on any atom is -0.465 e. The van der Waals surface area contributed by atoms with Gasteiger partial charge >= 0.3 is 12.1 Å². The second kappa shape index (κ2) is 7.06. The van der Waals surface area contributed by atoms with Crippen molar-refractivity contribution in [3.8, 4) is 0 Å². The largest absolute Gasteiger partial charge is 0.465 e. The van der Waals surface area contributed by atoms with Crippen LogP contribution < -0.4 is 5.32 Å². The number of pyridine rings is 1. The van der Waals surface area contributed by atoms with Gasteiger partial charge in [0.2, 0.25) is 5.91 Å². The summed E-state index contributed by atoms with van der Waals surface area (Å²) in [6.07, 6.45) is -2.77. The van der Waals surface area contributed by atoms with E-state index in [0.717, 1.165) is 13.2 Å². The SMILES string of the molecule is COC(=O)c1cc(NC2CCN(C(C)=O)CC2)ncc1C(F)(F)F. The Bertz CT molecular complexity index is 626. The number of halogens is 3. The van der Waals surface area contributed by atoms with E-state index in [0.29, 0.717) is 32.1 Å². The zero-order chi connectivity index (χ0) is 17.9. The molecule has 1 fully saturated rings. The molecular weight excluding hydrogens is 327 g/mol. The van der Waals surface area contributed by atoms with Crippen LogP contribution in [-0.2, 0) is 15.7 Å². The molecule has 1 aromatic rings. The molecule has 0 unspecified atom stereocenters. The van der Waals surface area contributed by atoms with Crippen LogP contribution in [-0.4, -0.2) is 48.0 Å². The van der Waals surface area contributed by atoms with Gasteiger partial charge in [-0.2, -0.15) is 13.2 Å². The van der Waals surface area contributed by atoms with Crippen molar-refractivity contribution in [3.63, 3.8) is 0 Å². The number of nitrogens with zero attached hydrogens (tertiary/aromatic N) is 2. The van der Waals surface area contributed by atoms with Gasteiger partial charge in [-0.05, 0) is 18.9 Å². The number of rotatable bonds is 3. The van der Waals surface area contributed by atoms with E-state index in [2.05, 4.69) is 15.0 Å². The lowest BCUT2D eigenvalue weighted by Gasteiger charge is -2.32. The van der Waals surface area contributed by atoms with Gasteiger partial charge in [0, 0.05) is 32.3 Å². The monoisotopic (exact) mass is 345 g/mol. The summed E-state index contributed by atoms with van der Waals surface area (Å²) < 4.78 is 43.3. The van der Waals surface area contributed by atoms with E-state index in [1.54, 1.807) is 4.90 Å². The number of amides is 1. The number of piperidine rings is 1. The number of alkyl halides is 3. The lowest BCUT2D eigenvalue weighted by Crippen LogP contribution is -2.41. The fraction of sp³-hybridized carbons (Fsp3) is 0.533. The fourth-order valence-corrected chi connectivity index (χ4v) is 2.59. The number of carbonyl (C=O) groups excluding carboxylic acids is 2. The van der Waals surface area contributed by atoms with Crippen LogP contribution in [0.15, 0.2) is 12.3 Å². The normalized spacial score (nSPS) is 16.0. The summed E-state index contributed by atoms with van der Waals surface area (Å²) in [4.78, 5) is 28.4. The maximum atomic E-state index is 12.9. The van der Waals surface area contributed by atoms with E-state index in [1.165, 1.54) is 6.92 Å². The number of hydrogen-bond acceptors (Lipinski definition) is 5. The van der Waals surface area contributed by atoms with E-state index < -0.39 is 23.3 Å². The van der Waals surface area contributed by atoms with Crippen LogP contribution in [0.25, 0.3) is 0 Å². The van der Waals surface area contributed by atoms with Gasteiger partial charge in [0.05, 0.1) is 18.2 Å². The topological polar surface area (TPSA) is 71.5 Å². The van der Waals surface area contributed by atoms with Crippen LogP contribution in [0, 0.1) is 0 Å². The first-order valence-electron chi connectivity index (χ1n) is 7.40. The second-order valence-electron chi connectivity index (χ2n) is 5.53. The predicted octanol–water partition coefficient (Wildman–Crippen LogP) is 2.31. The van der Waals surface area contributed by atoms with Gasteiger partial charge in [0.25, 0.3) is 0 Å². The molecule has 0 radical (unpaired) electrons. The smallest absolute Gasteiger partial charge is 0.418 e. The molecule has 0 aliphatic carbocycles. The lowest BCUT2D eigenvalue weighted by atomic mass is 10.0. The van der Waals surface area contributed by atoms with Crippen LogP contribution in [0.1, 0.15) is 35.7 Å². The van der Waals surface area contributed by atoms with Crippen molar-refractivity contribution < 1.29 is 27.5 Å². The summed E-state index contributed by atoms with van der Waals surface area (Å²) in [7, 11) is 1.02. The number of nitrogens with one attached hydrogen (secondary N) is 1. The van der Waals surface area contributed by atoms with Crippen LogP contribution in [0.3, 0.4) is 0 Å². The first-order valence-corrected chi connectivity index (χ1v) is 7.40. The molecule has 1 aromatic heterocycles. The Morgan fingerprint density at radius 3 is 2.46 bits per heavy atom. The number of hydrogen-bond donors (Lipinski definition) is 1. The van der Waals surface area contributed by atoms with Crippen molar-refractivity contribution >= 4 is 17.7 Å². The highest BCUT2D eigenvalue weighted by Crippen LogP contribution is 2.33. The van der Waals surface area contributed by atoms with Crippen molar-refractivity contribution in [1.29, 1.82) is 0 Å². The first kappa shape index (κ1) is 18.0. The lowest BCUT2D eigenvalue weighted by molar-refractivity contribution is -0.138. The van der Waals surface area contributed by atoms with E-state index in [9.17, 15) is 22.8 Å². The highest BCUT2D eigenvalue weighted by Gasteiger charge is 2.36. The Morgan fingerprint density at radius 1 is 1.33 bits per heavy atom. The molecule has 0 spiro atoms. The number of ether oxygens (including phenoxy) is 1. The summed E-state index contributed by atoms with van der Waals surface area (Å²) in [6, 6.07) is 1.02. The molecule has 1 amide bonds. The number of methoxy groups -OCH3 is 1. The second-order valence-corrected chi connectivity index (χ2v) is 5.53. The van der Waals surface area contributed by atoms with Gasteiger partial charge in [-0.15, -0.1) is 0 Å². The molecule has 132 valence electrons. The van der Waals surface area contributed by atoms with Gasteiger partial charge in [0.15, 0.2) is 0 Å². The summed E-state index contributed by atoms with van der Waals surface area (Å²) >= 11 is 0. The van der Waals surface area contributed by atoms with Gasteiger partial charge in [-0.3, -0.25) is 4.79 Å². The van der Waals surface area contributed by atoms with Crippen molar-refractivity contribution in [1.82, 2.24) is 9.88 Å². The molecule has 0 aromatic carbocycles. The minimum atomic E-state index is -4.69. The number of anilines is 1. The molecule has 9 heteroatoms. The number of likely N-dealkylation sites (tertiary alicyclic amines) is 1. The molecule has 24 heavy (non-hydrogen) atoms. The van der Waals surface area contributed by atoms with Gasteiger partial charge in [0.1, 0.15) is 5.82 Å². The molecule has 2 rings (SSSR count). The molecule has 0 atom stereocenters. The summed E-state index contributed by atoms with van der Waals surface area (Å²) in [5.74, 6) is -0.905. The third kappa shape index (κ3) is 4.15. The Hall–Kier alpha value is -2.32. The summed E-state index contributed by atoms with van der Waals surface area (Å²) in [5.41, 5.74) is -1.71. The quantitative estimate of drug-likeness (QED) is 0.851. The summed E-state index contributed by atoms with van der Waals surface area (Å²) in [5, 5.41) is 3.01.